The van der Waals surface area contributed by atoms with Crippen LogP contribution in [0.3, 0.4) is 0 Å². The van der Waals surface area contributed by atoms with Crippen LogP contribution in [0.5, 0.6) is 0 Å². The van der Waals surface area contributed by atoms with Gasteiger partial charge in [0.15, 0.2) is 0 Å². The molecule has 2 heteroatoms. The standard InChI is InChI=1S/C19H38N2/c1-3-5-7-11-17(12-8-6-4-2)20-18-14-16-21-15-10-9-13-19(18)21/h17-20H,3-16H2,1-2H3. The van der Waals surface area contributed by atoms with Crippen molar-refractivity contribution >= 4 is 0 Å². The van der Waals surface area contributed by atoms with E-state index >= 15 is 0 Å². The molecule has 2 atom stereocenters. The molecular weight excluding hydrogens is 256 g/mol. The van der Waals surface area contributed by atoms with Crippen LogP contribution in [0.2, 0.25) is 0 Å². The molecule has 0 spiro atoms. The summed E-state index contributed by atoms with van der Waals surface area (Å²) >= 11 is 0. The lowest BCUT2D eigenvalue weighted by Crippen LogP contribution is -2.48. The largest absolute Gasteiger partial charge is 0.310 e. The summed E-state index contributed by atoms with van der Waals surface area (Å²) < 4.78 is 0. The van der Waals surface area contributed by atoms with Crippen molar-refractivity contribution in [2.45, 2.75) is 109 Å². The Kier molecular flexibility index (Phi) is 8.10. The minimum atomic E-state index is 0.787. The SMILES string of the molecule is CCCCCC(CCCCC)NC1CCN2CCCCC12. The third-order valence-corrected chi connectivity index (χ3v) is 5.62. The number of unbranched alkanes of at least 4 members (excludes halogenated alkanes) is 4. The lowest BCUT2D eigenvalue weighted by Gasteiger charge is -2.34. The van der Waals surface area contributed by atoms with Crippen molar-refractivity contribution in [1.29, 1.82) is 0 Å². The fraction of sp³-hybridized carbons (Fsp3) is 1.00. The molecule has 0 radical (unpaired) electrons. The smallest absolute Gasteiger partial charge is 0.0249 e. The molecule has 0 aromatic carbocycles. The van der Waals surface area contributed by atoms with E-state index in [1.807, 2.05) is 0 Å². The highest BCUT2D eigenvalue weighted by atomic mass is 15.2. The van der Waals surface area contributed by atoms with Crippen LogP contribution in [0, 0.1) is 0 Å². The molecule has 2 unspecified atom stereocenters. The summed E-state index contributed by atoms with van der Waals surface area (Å²) in [4.78, 5) is 2.76. The van der Waals surface area contributed by atoms with Gasteiger partial charge in [-0.25, -0.2) is 0 Å². The molecule has 2 aliphatic rings. The second-order valence-electron chi connectivity index (χ2n) is 7.35. The number of nitrogens with zero attached hydrogens (tertiary/aromatic N) is 1. The zero-order chi connectivity index (χ0) is 14.9. The maximum absolute atomic E-state index is 4.09. The topological polar surface area (TPSA) is 15.3 Å². The molecule has 2 rings (SSSR count). The number of rotatable bonds is 10. The molecule has 2 heterocycles. The van der Waals surface area contributed by atoms with Crippen LogP contribution in [0.15, 0.2) is 0 Å². The van der Waals surface area contributed by atoms with Crippen molar-refractivity contribution in [2.75, 3.05) is 13.1 Å². The van der Waals surface area contributed by atoms with Gasteiger partial charge in [-0.2, -0.15) is 0 Å². The van der Waals surface area contributed by atoms with Crippen LogP contribution >= 0.6 is 0 Å². The van der Waals surface area contributed by atoms with E-state index in [1.165, 1.54) is 90.1 Å². The molecule has 21 heavy (non-hydrogen) atoms. The first-order valence-electron chi connectivity index (χ1n) is 9.85. The van der Waals surface area contributed by atoms with Crippen molar-refractivity contribution in [3.8, 4) is 0 Å². The Balaban J connectivity index is 1.78. The molecule has 0 aromatic rings. The van der Waals surface area contributed by atoms with Crippen molar-refractivity contribution in [2.24, 2.45) is 0 Å². The van der Waals surface area contributed by atoms with E-state index < -0.39 is 0 Å². The monoisotopic (exact) mass is 294 g/mol. The Morgan fingerprint density at radius 1 is 0.905 bits per heavy atom. The highest BCUT2D eigenvalue weighted by Gasteiger charge is 2.35. The van der Waals surface area contributed by atoms with E-state index in [1.54, 1.807) is 0 Å². The van der Waals surface area contributed by atoms with Crippen LogP contribution in [0.1, 0.15) is 90.9 Å². The number of hydrogen-bond donors (Lipinski definition) is 1. The Hall–Kier alpha value is -0.0800. The highest BCUT2D eigenvalue weighted by molar-refractivity contribution is 4.95. The van der Waals surface area contributed by atoms with Crippen LogP contribution in [-0.4, -0.2) is 36.1 Å². The number of nitrogens with one attached hydrogen (secondary N) is 1. The first-order valence-corrected chi connectivity index (χ1v) is 9.85. The van der Waals surface area contributed by atoms with Gasteiger partial charge >= 0.3 is 0 Å². The van der Waals surface area contributed by atoms with E-state index in [9.17, 15) is 0 Å². The number of fused-ring (bicyclic) bond motifs is 1. The Morgan fingerprint density at radius 2 is 1.62 bits per heavy atom. The molecule has 0 amide bonds. The van der Waals surface area contributed by atoms with E-state index in [-0.39, 0.29) is 0 Å². The van der Waals surface area contributed by atoms with E-state index in [4.69, 9.17) is 0 Å². The summed E-state index contributed by atoms with van der Waals surface area (Å²) in [7, 11) is 0. The van der Waals surface area contributed by atoms with Gasteiger partial charge in [-0.15, -0.1) is 0 Å². The molecule has 0 bridgehead atoms. The van der Waals surface area contributed by atoms with Gasteiger partial charge in [0.1, 0.15) is 0 Å². The zero-order valence-corrected chi connectivity index (χ0v) is 14.6. The molecule has 2 aliphatic heterocycles. The second kappa shape index (κ2) is 9.84. The summed E-state index contributed by atoms with van der Waals surface area (Å²) in [6, 6.07) is 2.44. The molecule has 2 fully saturated rings. The fourth-order valence-electron chi connectivity index (χ4n) is 4.34. The summed E-state index contributed by atoms with van der Waals surface area (Å²) in [5.74, 6) is 0. The molecule has 2 nitrogen and oxygen atoms in total. The first-order chi connectivity index (χ1) is 10.3. The van der Waals surface area contributed by atoms with Crippen molar-refractivity contribution in [1.82, 2.24) is 10.2 Å². The van der Waals surface area contributed by atoms with E-state index in [2.05, 4.69) is 24.1 Å². The molecule has 0 aliphatic carbocycles. The Morgan fingerprint density at radius 3 is 2.29 bits per heavy atom. The van der Waals surface area contributed by atoms with Gasteiger partial charge in [-0.3, -0.25) is 4.90 Å². The predicted molar refractivity (Wildman–Crippen MR) is 92.8 cm³/mol. The van der Waals surface area contributed by atoms with Gasteiger partial charge in [-0.1, -0.05) is 58.8 Å². The third kappa shape index (κ3) is 5.56. The highest BCUT2D eigenvalue weighted by Crippen LogP contribution is 2.28. The molecule has 0 saturated carbocycles. The summed E-state index contributed by atoms with van der Waals surface area (Å²) in [6.45, 7) is 7.34. The summed E-state index contributed by atoms with van der Waals surface area (Å²) in [6.07, 6.45) is 16.9. The fourth-order valence-corrected chi connectivity index (χ4v) is 4.34. The van der Waals surface area contributed by atoms with E-state index in [0.717, 1.165) is 18.1 Å². The lowest BCUT2D eigenvalue weighted by atomic mass is 9.96. The van der Waals surface area contributed by atoms with Crippen molar-refractivity contribution in [3.05, 3.63) is 0 Å². The van der Waals surface area contributed by atoms with Gasteiger partial charge in [0, 0.05) is 24.7 Å². The van der Waals surface area contributed by atoms with Crippen LogP contribution in [0.4, 0.5) is 0 Å². The van der Waals surface area contributed by atoms with Gasteiger partial charge in [0.25, 0.3) is 0 Å². The zero-order valence-electron chi connectivity index (χ0n) is 14.6. The van der Waals surface area contributed by atoms with Gasteiger partial charge in [0.05, 0.1) is 0 Å². The first kappa shape index (κ1) is 17.3. The normalized spacial score (nSPS) is 26.4. The van der Waals surface area contributed by atoms with Gasteiger partial charge in [0.2, 0.25) is 0 Å². The Labute approximate surface area is 133 Å². The van der Waals surface area contributed by atoms with Crippen molar-refractivity contribution in [3.63, 3.8) is 0 Å². The maximum atomic E-state index is 4.09. The average molecular weight is 295 g/mol. The molecule has 124 valence electrons. The summed E-state index contributed by atoms with van der Waals surface area (Å²) in [5.41, 5.74) is 0. The van der Waals surface area contributed by atoms with Crippen LogP contribution in [-0.2, 0) is 0 Å². The lowest BCUT2D eigenvalue weighted by molar-refractivity contribution is 0.174. The van der Waals surface area contributed by atoms with Crippen LogP contribution in [0.25, 0.3) is 0 Å². The third-order valence-electron chi connectivity index (χ3n) is 5.62. The quantitative estimate of drug-likeness (QED) is 0.586. The second-order valence-corrected chi connectivity index (χ2v) is 7.35. The van der Waals surface area contributed by atoms with E-state index in [0.29, 0.717) is 0 Å². The van der Waals surface area contributed by atoms with Crippen LogP contribution < -0.4 is 5.32 Å². The minimum Gasteiger partial charge on any atom is -0.310 e. The minimum absolute atomic E-state index is 0.787. The van der Waals surface area contributed by atoms with Gasteiger partial charge < -0.3 is 5.32 Å². The molecule has 1 N–H and O–H groups in total. The number of piperidine rings is 1. The molecule has 2 saturated heterocycles. The molecular formula is C19H38N2. The maximum Gasteiger partial charge on any atom is 0.0249 e. The summed E-state index contributed by atoms with van der Waals surface area (Å²) in [5, 5.41) is 4.09. The average Bonchev–Trinajstić information content (AvgIpc) is 2.91. The van der Waals surface area contributed by atoms with Crippen molar-refractivity contribution < 1.29 is 0 Å². The predicted octanol–water partition coefficient (Wildman–Crippen LogP) is 4.73. The Bertz CT molecular complexity index is 256. The van der Waals surface area contributed by atoms with Gasteiger partial charge in [-0.05, 0) is 38.6 Å². The number of hydrogen-bond acceptors (Lipinski definition) is 2. The molecule has 0 aromatic heterocycles.